The molecule has 84 valence electrons. The first-order valence-electron chi connectivity index (χ1n) is 4.28. The molecular formula is C9H11F3N2O. The van der Waals surface area contributed by atoms with E-state index in [0.29, 0.717) is 5.69 Å². The van der Waals surface area contributed by atoms with Crippen molar-refractivity contribution in [3.8, 4) is 0 Å². The van der Waals surface area contributed by atoms with Crippen LogP contribution in [0.4, 0.5) is 18.9 Å². The van der Waals surface area contributed by atoms with Crippen LogP contribution in [0.3, 0.4) is 0 Å². The molecule has 0 aliphatic heterocycles. The predicted molar refractivity (Wildman–Crippen MR) is 49.5 cm³/mol. The van der Waals surface area contributed by atoms with Crippen molar-refractivity contribution in [3.63, 3.8) is 0 Å². The van der Waals surface area contributed by atoms with Crippen LogP contribution in [0.25, 0.3) is 0 Å². The standard InChI is InChI=1S/C9H11F3N2O/c1-13-7-2-3-14-8(4-7)5-15-6-9(10,11)12/h2-4H,5-6H2,1H3,(H,13,14). The minimum atomic E-state index is -4.29. The van der Waals surface area contributed by atoms with Crippen LogP contribution in [0, 0.1) is 0 Å². The van der Waals surface area contributed by atoms with Gasteiger partial charge >= 0.3 is 6.18 Å². The van der Waals surface area contributed by atoms with Gasteiger partial charge in [-0.05, 0) is 12.1 Å². The summed E-state index contributed by atoms with van der Waals surface area (Å²) in [5.41, 5.74) is 1.25. The summed E-state index contributed by atoms with van der Waals surface area (Å²) in [6, 6.07) is 3.35. The Labute approximate surface area is 85.3 Å². The smallest absolute Gasteiger partial charge is 0.388 e. The molecule has 0 saturated carbocycles. The quantitative estimate of drug-likeness (QED) is 0.844. The molecule has 15 heavy (non-hydrogen) atoms. The van der Waals surface area contributed by atoms with Crippen LogP contribution in [0.5, 0.6) is 0 Å². The minimum absolute atomic E-state index is 0.144. The van der Waals surface area contributed by atoms with E-state index < -0.39 is 12.8 Å². The lowest BCUT2D eigenvalue weighted by Crippen LogP contribution is -2.16. The van der Waals surface area contributed by atoms with Gasteiger partial charge in [-0.15, -0.1) is 0 Å². The fraction of sp³-hybridized carbons (Fsp3) is 0.444. The zero-order chi connectivity index (χ0) is 11.3. The molecular weight excluding hydrogens is 209 g/mol. The van der Waals surface area contributed by atoms with E-state index >= 15 is 0 Å². The molecule has 0 atom stereocenters. The summed E-state index contributed by atoms with van der Waals surface area (Å²) in [5.74, 6) is 0. The molecule has 0 bridgehead atoms. The van der Waals surface area contributed by atoms with Gasteiger partial charge in [0.1, 0.15) is 6.61 Å². The third kappa shape index (κ3) is 4.64. The van der Waals surface area contributed by atoms with E-state index in [-0.39, 0.29) is 6.61 Å². The van der Waals surface area contributed by atoms with Gasteiger partial charge in [-0.2, -0.15) is 13.2 Å². The molecule has 0 aliphatic carbocycles. The second kappa shape index (κ2) is 4.97. The highest BCUT2D eigenvalue weighted by molar-refractivity contribution is 5.42. The molecule has 0 spiro atoms. The SMILES string of the molecule is CNc1ccnc(COCC(F)(F)F)c1. The first kappa shape index (κ1) is 11.8. The van der Waals surface area contributed by atoms with Crippen molar-refractivity contribution < 1.29 is 17.9 Å². The molecule has 0 fully saturated rings. The predicted octanol–water partition coefficient (Wildman–Crippen LogP) is 2.20. The van der Waals surface area contributed by atoms with Gasteiger partial charge in [-0.1, -0.05) is 0 Å². The molecule has 0 radical (unpaired) electrons. The molecule has 0 aliphatic rings. The van der Waals surface area contributed by atoms with Crippen molar-refractivity contribution in [3.05, 3.63) is 24.0 Å². The van der Waals surface area contributed by atoms with Crippen molar-refractivity contribution in [1.82, 2.24) is 4.98 Å². The summed E-state index contributed by atoms with van der Waals surface area (Å²) >= 11 is 0. The zero-order valence-electron chi connectivity index (χ0n) is 8.14. The highest BCUT2D eigenvalue weighted by Gasteiger charge is 2.27. The molecule has 1 aromatic heterocycles. The molecule has 1 N–H and O–H groups in total. The van der Waals surface area contributed by atoms with Crippen molar-refractivity contribution in [1.29, 1.82) is 0 Å². The Bertz CT molecular complexity index is 314. The van der Waals surface area contributed by atoms with Crippen LogP contribution in [0.15, 0.2) is 18.3 Å². The van der Waals surface area contributed by atoms with Crippen molar-refractivity contribution >= 4 is 5.69 Å². The minimum Gasteiger partial charge on any atom is -0.388 e. The van der Waals surface area contributed by atoms with Gasteiger partial charge in [-0.25, -0.2) is 0 Å². The summed E-state index contributed by atoms with van der Waals surface area (Å²) in [6.07, 6.45) is -2.78. The summed E-state index contributed by atoms with van der Waals surface area (Å²) in [5, 5.41) is 2.86. The molecule has 0 aromatic carbocycles. The number of hydrogen-bond donors (Lipinski definition) is 1. The second-order valence-electron chi connectivity index (χ2n) is 2.89. The van der Waals surface area contributed by atoms with E-state index in [1.807, 2.05) is 0 Å². The average molecular weight is 220 g/mol. The van der Waals surface area contributed by atoms with E-state index in [2.05, 4.69) is 15.0 Å². The normalized spacial score (nSPS) is 11.5. The fourth-order valence-electron chi connectivity index (χ4n) is 0.984. The van der Waals surface area contributed by atoms with E-state index in [1.54, 1.807) is 19.2 Å². The number of pyridine rings is 1. The Kier molecular flexibility index (Phi) is 3.90. The van der Waals surface area contributed by atoms with Gasteiger partial charge in [0.05, 0.1) is 12.3 Å². The Morgan fingerprint density at radius 3 is 2.80 bits per heavy atom. The molecule has 0 unspecified atom stereocenters. The molecule has 0 amide bonds. The first-order chi connectivity index (χ1) is 7.01. The Morgan fingerprint density at radius 1 is 1.47 bits per heavy atom. The fourth-order valence-corrected chi connectivity index (χ4v) is 0.984. The topological polar surface area (TPSA) is 34.2 Å². The number of aromatic nitrogens is 1. The van der Waals surface area contributed by atoms with Crippen LogP contribution < -0.4 is 5.32 Å². The molecule has 3 nitrogen and oxygen atoms in total. The zero-order valence-corrected chi connectivity index (χ0v) is 8.14. The Hall–Kier alpha value is -1.30. The maximum Gasteiger partial charge on any atom is 0.411 e. The van der Waals surface area contributed by atoms with Gasteiger partial charge in [0.25, 0.3) is 0 Å². The summed E-state index contributed by atoms with van der Waals surface area (Å²) < 4.78 is 39.7. The number of nitrogens with one attached hydrogen (secondary N) is 1. The third-order valence-electron chi connectivity index (χ3n) is 1.62. The lowest BCUT2D eigenvalue weighted by molar-refractivity contribution is -0.176. The summed E-state index contributed by atoms with van der Waals surface area (Å²) in [7, 11) is 1.72. The number of alkyl halides is 3. The van der Waals surface area contributed by atoms with E-state index in [4.69, 9.17) is 0 Å². The van der Waals surface area contributed by atoms with Crippen molar-refractivity contribution in [2.24, 2.45) is 0 Å². The average Bonchev–Trinajstić information content (AvgIpc) is 2.16. The van der Waals surface area contributed by atoms with E-state index in [0.717, 1.165) is 5.69 Å². The van der Waals surface area contributed by atoms with Crippen LogP contribution >= 0.6 is 0 Å². The number of ether oxygens (including phenoxy) is 1. The van der Waals surface area contributed by atoms with Crippen molar-refractivity contribution in [2.75, 3.05) is 19.0 Å². The number of anilines is 1. The largest absolute Gasteiger partial charge is 0.411 e. The Balaban J connectivity index is 2.44. The van der Waals surface area contributed by atoms with E-state index in [1.165, 1.54) is 6.20 Å². The monoisotopic (exact) mass is 220 g/mol. The number of rotatable bonds is 4. The molecule has 1 heterocycles. The van der Waals surface area contributed by atoms with Crippen LogP contribution in [0.2, 0.25) is 0 Å². The maximum atomic E-state index is 11.7. The van der Waals surface area contributed by atoms with Gasteiger partial charge in [0.15, 0.2) is 0 Å². The first-order valence-corrected chi connectivity index (χ1v) is 4.28. The maximum absolute atomic E-state index is 11.7. The summed E-state index contributed by atoms with van der Waals surface area (Å²) in [4.78, 5) is 3.87. The van der Waals surface area contributed by atoms with Gasteiger partial charge in [0, 0.05) is 18.9 Å². The molecule has 0 saturated heterocycles. The van der Waals surface area contributed by atoms with Gasteiger partial charge in [0.2, 0.25) is 0 Å². The van der Waals surface area contributed by atoms with Gasteiger partial charge < -0.3 is 10.1 Å². The molecule has 1 aromatic rings. The van der Waals surface area contributed by atoms with E-state index in [9.17, 15) is 13.2 Å². The number of hydrogen-bond acceptors (Lipinski definition) is 3. The molecule has 6 heteroatoms. The van der Waals surface area contributed by atoms with Crippen molar-refractivity contribution in [2.45, 2.75) is 12.8 Å². The highest BCUT2D eigenvalue weighted by atomic mass is 19.4. The molecule has 1 rings (SSSR count). The third-order valence-corrected chi connectivity index (χ3v) is 1.62. The van der Waals surface area contributed by atoms with Gasteiger partial charge in [-0.3, -0.25) is 4.98 Å². The summed E-state index contributed by atoms with van der Waals surface area (Å²) in [6.45, 7) is -1.40. The lowest BCUT2D eigenvalue weighted by Gasteiger charge is -2.07. The second-order valence-corrected chi connectivity index (χ2v) is 2.89. The van der Waals surface area contributed by atoms with Crippen LogP contribution in [0.1, 0.15) is 5.69 Å². The number of halogens is 3. The lowest BCUT2D eigenvalue weighted by atomic mass is 10.3. The Morgan fingerprint density at radius 2 is 2.20 bits per heavy atom. The van der Waals surface area contributed by atoms with Crippen LogP contribution in [-0.2, 0) is 11.3 Å². The number of nitrogens with zero attached hydrogens (tertiary/aromatic N) is 1. The highest BCUT2D eigenvalue weighted by Crippen LogP contribution is 2.15. The van der Waals surface area contributed by atoms with Crippen LogP contribution in [-0.4, -0.2) is 24.8 Å².